The van der Waals surface area contributed by atoms with Gasteiger partial charge in [0.05, 0.1) is 11.3 Å². The van der Waals surface area contributed by atoms with Crippen LogP contribution in [0.2, 0.25) is 0 Å². The molecule has 1 N–H and O–H groups in total. The van der Waals surface area contributed by atoms with E-state index in [9.17, 15) is 4.79 Å². The van der Waals surface area contributed by atoms with E-state index in [1.165, 1.54) is 5.56 Å². The average molecular weight is 321 g/mol. The molecule has 3 heterocycles. The number of anilines is 1. The smallest absolute Gasteiger partial charge is 0.336 e. The number of hydrogen-bond donors (Lipinski definition) is 1. The summed E-state index contributed by atoms with van der Waals surface area (Å²) < 4.78 is 16.3. The molecular formula is C19H15NO4. The van der Waals surface area contributed by atoms with Gasteiger partial charge in [0.1, 0.15) is 6.61 Å². The Labute approximate surface area is 138 Å². The number of benzene rings is 2. The van der Waals surface area contributed by atoms with Gasteiger partial charge in [0.15, 0.2) is 11.5 Å². The maximum Gasteiger partial charge on any atom is 0.336 e. The number of hydrogen-bond acceptors (Lipinski definition) is 5. The maximum absolute atomic E-state index is 12.3. The lowest BCUT2D eigenvalue weighted by molar-refractivity contribution is -0.136. The van der Waals surface area contributed by atoms with Gasteiger partial charge in [-0.2, -0.15) is 0 Å². The van der Waals surface area contributed by atoms with E-state index in [1.54, 1.807) is 0 Å². The van der Waals surface area contributed by atoms with Crippen LogP contribution in [-0.4, -0.2) is 19.4 Å². The van der Waals surface area contributed by atoms with Crippen LogP contribution in [0.4, 0.5) is 5.69 Å². The summed E-state index contributed by atoms with van der Waals surface area (Å²) in [4.78, 5) is 12.3. The Morgan fingerprint density at radius 3 is 2.67 bits per heavy atom. The number of rotatable bonds is 2. The van der Waals surface area contributed by atoms with Crippen molar-refractivity contribution in [2.24, 2.45) is 0 Å². The molecule has 120 valence electrons. The van der Waals surface area contributed by atoms with Crippen molar-refractivity contribution < 1.29 is 19.0 Å². The number of ether oxygens (including phenoxy) is 3. The molecule has 0 aliphatic carbocycles. The highest BCUT2D eigenvalue weighted by Gasteiger charge is 2.38. The third kappa shape index (κ3) is 1.98. The topological polar surface area (TPSA) is 56.8 Å². The van der Waals surface area contributed by atoms with Gasteiger partial charge in [0.25, 0.3) is 0 Å². The summed E-state index contributed by atoms with van der Waals surface area (Å²) in [6.07, 6.45) is 0.739. The van der Waals surface area contributed by atoms with Crippen molar-refractivity contribution in [3.63, 3.8) is 0 Å². The maximum atomic E-state index is 12.3. The first-order chi connectivity index (χ1) is 11.8. The van der Waals surface area contributed by atoms with Gasteiger partial charge >= 0.3 is 5.97 Å². The molecule has 3 aliphatic heterocycles. The minimum atomic E-state index is -0.234. The first kappa shape index (κ1) is 13.5. The summed E-state index contributed by atoms with van der Waals surface area (Å²) in [5, 5.41) is 3.33. The molecule has 5 rings (SSSR count). The molecule has 0 amide bonds. The van der Waals surface area contributed by atoms with Gasteiger partial charge in [0.2, 0.25) is 6.79 Å². The van der Waals surface area contributed by atoms with Crippen LogP contribution >= 0.6 is 0 Å². The third-order valence-electron chi connectivity index (χ3n) is 4.73. The van der Waals surface area contributed by atoms with Crippen molar-refractivity contribution in [3.8, 4) is 11.5 Å². The van der Waals surface area contributed by atoms with Crippen molar-refractivity contribution in [1.29, 1.82) is 0 Å². The van der Waals surface area contributed by atoms with Crippen LogP contribution < -0.4 is 14.8 Å². The fourth-order valence-corrected chi connectivity index (χ4v) is 3.61. The van der Waals surface area contributed by atoms with Crippen molar-refractivity contribution in [1.82, 2.24) is 0 Å². The molecule has 0 fully saturated rings. The highest BCUT2D eigenvalue weighted by atomic mass is 16.7. The van der Waals surface area contributed by atoms with Gasteiger partial charge in [-0.1, -0.05) is 30.3 Å². The van der Waals surface area contributed by atoms with Gasteiger partial charge < -0.3 is 19.5 Å². The van der Waals surface area contributed by atoms with Crippen LogP contribution in [0.25, 0.3) is 0 Å². The minimum Gasteiger partial charge on any atom is -0.456 e. The van der Waals surface area contributed by atoms with E-state index in [0.717, 1.165) is 40.4 Å². The average Bonchev–Trinajstić information content (AvgIpc) is 3.20. The molecule has 2 aromatic carbocycles. The van der Waals surface area contributed by atoms with Crippen molar-refractivity contribution >= 4 is 11.7 Å². The second-order valence-electron chi connectivity index (χ2n) is 6.13. The molecule has 1 atom stereocenters. The zero-order chi connectivity index (χ0) is 16.1. The van der Waals surface area contributed by atoms with E-state index >= 15 is 0 Å². The molecule has 0 saturated heterocycles. The fraction of sp³-hybridized carbons (Fsp3) is 0.211. The molecule has 5 heteroatoms. The number of carbonyl (C=O) groups excluding carboxylic acids is 1. The summed E-state index contributed by atoms with van der Waals surface area (Å²) in [7, 11) is 0. The predicted molar refractivity (Wildman–Crippen MR) is 87.1 cm³/mol. The Kier molecular flexibility index (Phi) is 2.82. The lowest BCUT2D eigenvalue weighted by atomic mass is 9.82. The number of esters is 1. The molecule has 0 spiro atoms. The number of fused-ring (bicyclic) bond motifs is 2. The molecule has 3 aliphatic rings. The van der Waals surface area contributed by atoms with Crippen LogP contribution in [0.15, 0.2) is 53.7 Å². The molecule has 1 unspecified atom stereocenters. The zero-order valence-corrected chi connectivity index (χ0v) is 12.9. The Bertz CT molecular complexity index is 872. The van der Waals surface area contributed by atoms with Gasteiger partial charge in [0, 0.05) is 17.7 Å². The third-order valence-corrected chi connectivity index (χ3v) is 4.73. The SMILES string of the molecule is O=C1OCC2=C1C(Cc1ccccc1)c1cc3c(cc1N2)OCO3. The standard InChI is InChI=1S/C19H15NO4/c21-19-18-13(6-11-4-2-1-3-5-11)12-7-16-17(24-10-23-16)8-14(12)20-15(18)9-22-19/h1-5,7-8,13,20H,6,9-10H2. The second-order valence-corrected chi connectivity index (χ2v) is 6.13. The van der Waals surface area contributed by atoms with E-state index in [-0.39, 0.29) is 18.7 Å². The van der Waals surface area contributed by atoms with Crippen LogP contribution in [0.5, 0.6) is 11.5 Å². The number of nitrogens with one attached hydrogen (secondary N) is 1. The quantitative estimate of drug-likeness (QED) is 0.862. The Morgan fingerprint density at radius 2 is 1.83 bits per heavy atom. The van der Waals surface area contributed by atoms with Gasteiger partial charge in [-0.25, -0.2) is 4.79 Å². The van der Waals surface area contributed by atoms with Crippen molar-refractivity contribution in [3.05, 3.63) is 64.9 Å². The number of carbonyl (C=O) groups is 1. The van der Waals surface area contributed by atoms with E-state index < -0.39 is 0 Å². The highest BCUT2D eigenvalue weighted by molar-refractivity contribution is 5.96. The molecule has 24 heavy (non-hydrogen) atoms. The van der Waals surface area contributed by atoms with E-state index in [4.69, 9.17) is 14.2 Å². The van der Waals surface area contributed by atoms with Gasteiger partial charge in [-0.05, 0) is 23.6 Å². The summed E-state index contributed by atoms with van der Waals surface area (Å²) in [5.74, 6) is 1.17. The second kappa shape index (κ2) is 5.03. The monoisotopic (exact) mass is 321 g/mol. The van der Waals surface area contributed by atoms with Crippen molar-refractivity contribution in [2.75, 3.05) is 18.7 Å². The molecule has 0 saturated carbocycles. The Balaban J connectivity index is 1.63. The normalized spacial score (nSPS) is 20.3. The largest absolute Gasteiger partial charge is 0.456 e. The lowest BCUT2D eigenvalue weighted by Crippen LogP contribution is -2.20. The Morgan fingerprint density at radius 1 is 1.04 bits per heavy atom. The molecule has 0 radical (unpaired) electrons. The van der Waals surface area contributed by atoms with E-state index in [2.05, 4.69) is 17.4 Å². The van der Waals surface area contributed by atoms with Crippen LogP contribution in [0, 0.1) is 0 Å². The molecule has 5 nitrogen and oxygen atoms in total. The van der Waals surface area contributed by atoms with E-state index in [1.807, 2.05) is 30.3 Å². The summed E-state index contributed by atoms with van der Waals surface area (Å²) in [6, 6.07) is 14.1. The molecule has 0 bridgehead atoms. The van der Waals surface area contributed by atoms with Crippen LogP contribution in [0.1, 0.15) is 17.0 Å². The fourth-order valence-electron chi connectivity index (χ4n) is 3.61. The lowest BCUT2D eigenvalue weighted by Gasteiger charge is -2.27. The first-order valence-electron chi connectivity index (χ1n) is 7.94. The zero-order valence-electron chi connectivity index (χ0n) is 12.9. The minimum absolute atomic E-state index is 0.0526. The van der Waals surface area contributed by atoms with Gasteiger partial charge in [-0.3, -0.25) is 0 Å². The highest BCUT2D eigenvalue weighted by Crippen LogP contribution is 2.47. The predicted octanol–water partition coefficient (Wildman–Crippen LogP) is 2.98. The van der Waals surface area contributed by atoms with Crippen molar-refractivity contribution in [2.45, 2.75) is 12.3 Å². The van der Waals surface area contributed by atoms with Gasteiger partial charge in [-0.15, -0.1) is 0 Å². The molecular weight excluding hydrogens is 306 g/mol. The first-order valence-corrected chi connectivity index (χ1v) is 7.94. The van der Waals surface area contributed by atoms with E-state index in [0.29, 0.717) is 6.61 Å². The summed E-state index contributed by atoms with van der Waals surface area (Å²) in [5.41, 5.74) is 4.76. The number of cyclic esters (lactones) is 1. The van der Waals surface area contributed by atoms with Crippen LogP contribution in [-0.2, 0) is 16.0 Å². The molecule has 2 aromatic rings. The Hall–Kier alpha value is -2.95. The summed E-state index contributed by atoms with van der Waals surface area (Å²) >= 11 is 0. The summed E-state index contributed by atoms with van der Waals surface area (Å²) in [6.45, 7) is 0.532. The van der Waals surface area contributed by atoms with Crippen LogP contribution in [0.3, 0.4) is 0 Å². The molecule has 0 aromatic heterocycles.